The van der Waals surface area contributed by atoms with Gasteiger partial charge in [0.2, 0.25) is 0 Å². The second-order valence-electron chi connectivity index (χ2n) is 4.34. The van der Waals surface area contributed by atoms with E-state index in [9.17, 15) is 14.9 Å². The van der Waals surface area contributed by atoms with Gasteiger partial charge in [-0.05, 0) is 18.2 Å². The molecule has 2 aromatic carbocycles. The molecule has 2 rings (SSSR count). The zero-order valence-corrected chi connectivity index (χ0v) is 13.5. The van der Waals surface area contributed by atoms with Crippen molar-refractivity contribution in [2.75, 3.05) is 0 Å². The van der Waals surface area contributed by atoms with Crippen molar-refractivity contribution in [3.8, 4) is 5.75 Å². The lowest BCUT2D eigenvalue weighted by Gasteiger charge is -2.08. The Morgan fingerprint density at radius 3 is 2.39 bits per heavy atom. The Morgan fingerprint density at radius 2 is 1.78 bits per heavy atom. The number of nitrogens with zero attached hydrogens (tertiary/aromatic N) is 1. The Kier molecular flexibility index (Phi) is 5.43. The molecular weight excluding hydrogens is 369 g/mol. The molecule has 0 aliphatic rings. The van der Waals surface area contributed by atoms with E-state index in [1.807, 2.05) is 0 Å². The van der Waals surface area contributed by atoms with E-state index in [1.165, 1.54) is 24.3 Å². The van der Waals surface area contributed by atoms with Crippen molar-refractivity contribution in [1.82, 2.24) is 0 Å². The molecule has 1 N–H and O–H groups in total. The highest BCUT2D eigenvalue weighted by atomic mass is 35.5. The number of esters is 1. The number of ether oxygens (including phenoxy) is 1. The zero-order valence-electron chi connectivity index (χ0n) is 11.3. The fraction of sp³-hybridized carbons (Fsp3) is 0.0714. The summed E-state index contributed by atoms with van der Waals surface area (Å²) in [4.78, 5) is 22.3. The first-order chi connectivity index (χ1) is 10.8. The Bertz CT molecular complexity index is 794. The van der Waals surface area contributed by atoms with Crippen molar-refractivity contribution >= 4 is 46.5 Å². The van der Waals surface area contributed by atoms with Crippen LogP contribution in [0.15, 0.2) is 30.3 Å². The van der Waals surface area contributed by atoms with E-state index in [-0.39, 0.29) is 37.6 Å². The number of aliphatic hydroxyl groups excluding tert-OH is 1. The first-order valence-corrected chi connectivity index (χ1v) is 7.21. The van der Waals surface area contributed by atoms with Gasteiger partial charge in [0.25, 0.3) is 5.69 Å². The third-order valence-corrected chi connectivity index (χ3v) is 3.88. The highest BCUT2D eigenvalue weighted by Crippen LogP contribution is 2.34. The maximum Gasteiger partial charge on any atom is 0.343 e. The van der Waals surface area contributed by atoms with Crippen molar-refractivity contribution < 1.29 is 19.6 Å². The lowest BCUT2D eigenvalue weighted by atomic mass is 10.1. The first kappa shape index (κ1) is 17.5. The molecule has 120 valence electrons. The average Bonchev–Trinajstić information content (AvgIpc) is 2.51. The van der Waals surface area contributed by atoms with Gasteiger partial charge in [-0.3, -0.25) is 10.1 Å². The van der Waals surface area contributed by atoms with E-state index in [0.29, 0.717) is 0 Å². The molecule has 0 atom stereocenters. The first-order valence-electron chi connectivity index (χ1n) is 6.08. The van der Waals surface area contributed by atoms with E-state index >= 15 is 0 Å². The molecule has 0 aromatic heterocycles. The van der Waals surface area contributed by atoms with E-state index in [4.69, 9.17) is 44.6 Å². The molecule has 0 aliphatic heterocycles. The average molecular weight is 377 g/mol. The van der Waals surface area contributed by atoms with Crippen molar-refractivity contribution in [2.24, 2.45) is 0 Å². The predicted molar refractivity (Wildman–Crippen MR) is 85.4 cm³/mol. The summed E-state index contributed by atoms with van der Waals surface area (Å²) < 4.78 is 5.08. The molecule has 0 radical (unpaired) electrons. The van der Waals surface area contributed by atoms with Crippen molar-refractivity contribution in [1.29, 1.82) is 0 Å². The van der Waals surface area contributed by atoms with Gasteiger partial charge in [-0.1, -0.05) is 34.8 Å². The fourth-order valence-electron chi connectivity index (χ4n) is 1.74. The van der Waals surface area contributed by atoms with Gasteiger partial charge in [0.1, 0.15) is 0 Å². The van der Waals surface area contributed by atoms with Gasteiger partial charge in [0.15, 0.2) is 5.75 Å². The monoisotopic (exact) mass is 375 g/mol. The number of halogens is 3. The third-order valence-electron chi connectivity index (χ3n) is 2.87. The van der Waals surface area contributed by atoms with Crippen molar-refractivity contribution in [3.63, 3.8) is 0 Å². The molecule has 6 nitrogen and oxygen atoms in total. The smallest absolute Gasteiger partial charge is 0.343 e. The van der Waals surface area contributed by atoms with Crippen LogP contribution in [0.1, 0.15) is 15.9 Å². The van der Waals surface area contributed by atoms with E-state index in [0.717, 1.165) is 6.07 Å². The third kappa shape index (κ3) is 3.92. The summed E-state index contributed by atoms with van der Waals surface area (Å²) in [5.74, 6) is -0.891. The molecular formula is C14H8Cl3NO5. The minimum atomic E-state index is -0.863. The van der Waals surface area contributed by atoms with Crippen LogP contribution in [0.2, 0.25) is 15.1 Å². The van der Waals surface area contributed by atoms with Gasteiger partial charge >= 0.3 is 5.97 Å². The Balaban J connectivity index is 2.33. The molecule has 0 heterocycles. The number of benzene rings is 2. The summed E-state index contributed by atoms with van der Waals surface area (Å²) in [5.41, 5.74) is -0.377. The fourth-order valence-corrected chi connectivity index (χ4v) is 2.31. The van der Waals surface area contributed by atoms with Crippen molar-refractivity contribution in [3.05, 3.63) is 66.6 Å². The topological polar surface area (TPSA) is 89.7 Å². The summed E-state index contributed by atoms with van der Waals surface area (Å²) >= 11 is 17.5. The molecule has 0 fully saturated rings. The summed E-state index contributed by atoms with van der Waals surface area (Å²) in [6.07, 6.45) is 0. The lowest BCUT2D eigenvalue weighted by Crippen LogP contribution is -2.10. The van der Waals surface area contributed by atoms with Gasteiger partial charge in [-0.15, -0.1) is 0 Å². The van der Waals surface area contributed by atoms with Crippen LogP contribution in [-0.2, 0) is 6.61 Å². The molecule has 0 saturated carbocycles. The molecule has 0 aliphatic carbocycles. The van der Waals surface area contributed by atoms with Crippen LogP contribution in [0, 0.1) is 10.1 Å². The largest absolute Gasteiger partial charge is 0.421 e. The van der Waals surface area contributed by atoms with Crippen LogP contribution in [-0.4, -0.2) is 16.0 Å². The molecule has 9 heteroatoms. The van der Waals surface area contributed by atoms with Crippen LogP contribution in [0.25, 0.3) is 0 Å². The minimum Gasteiger partial charge on any atom is -0.421 e. The number of carbonyl (C=O) groups is 1. The molecule has 2 aromatic rings. The number of nitro benzene ring substituents is 1. The van der Waals surface area contributed by atoms with Gasteiger partial charge < -0.3 is 9.84 Å². The lowest BCUT2D eigenvalue weighted by molar-refractivity contribution is -0.385. The zero-order chi connectivity index (χ0) is 17.1. The van der Waals surface area contributed by atoms with Crippen LogP contribution >= 0.6 is 34.8 Å². The molecule has 0 saturated heterocycles. The molecule has 0 bridgehead atoms. The SMILES string of the molecule is O=C(Oc1cc(Cl)c(Cl)cc1Cl)c1ccc(CO)c([N+](=O)[O-])c1. The summed E-state index contributed by atoms with van der Waals surface area (Å²) in [5, 5.41) is 20.4. The van der Waals surface area contributed by atoms with Crippen molar-refractivity contribution in [2.45, 2.75) is 6.61 Å². The van der Waals surface area contributed by atoms with E-state index in [2.05, 4.69) is 0 Å². The Labute approximate surface area is 145 Å². The Morgan fingerprint density at radius 1 is 1.13 bits per heavy atom. The summed E-state index contributed by atoms with van der Waals surface area (Å²) in [6.45, 7) is -0.524. The van der Waals surface area contributed by atoms with Gasteiger partial charge in [0, 0.05) is 12.1 Å². The predicted octanol–water partition coefficient (Wildman–Crippen LogP) is 4.27. The highest BCUT2D eigenvalue weighted by Gasteiger charge is 2.19. The van der Waals surface area contributed by atoms with Crippen LogP contribution < -0.4 is 4.74 Å². The van der Waals surface area contributed by atoms with Crippen LogP contribution in [0.3, 0.4) is 0 Å². The molecule has 0 spiro atoms. The normalized spacial score (nSPS) is 10.4. The summed E-state index contributed by atoms with van der Waals surface area (Å²) in [6, 6.07) is 6.16. The maximum absolute atomic E-state index is 12.1. The van der Waals surface area contributed by atoms with E-state index in [1.54, 1.807) is 0 Å². The standard InChI is InChI=1S/C14H8Cl3NO5/c15-9-4-11(17)13(5-10(9)16)23-14(20)7-1-2-8(6-19)12(3-7)18(21)22/h1-5,19H,6H2. The van der Waals surface area contributed by atoms with Gasteiger partial charge in [-0.2, -0.15) is 0 Å². The molecule has 0 unspecified atom stereocenters. The molecule has 0 amide bonds. The Hall–Kier alpha value is -1.86. The number of nitro groups is 1. The molecule has 23 heavy (non-hydrogen) atoms. The number of rotatable bonds is 4. The van der Waals surface area contributed by atoms with E-state index < -0.39 is 17.5 Å². The van der Waals surface area contributed by atoms with Crippen LogP contribution in [0.5, 0.6) is 5.75 Å². The maximum atomic E-state index is 12.1. The van der Waals surface area contributed by atoms with Gasteiger partial charge in [0.05, 0.1) is 37.7 Å². The number of hydrogen-bond acceptors (Lipinski definition) is 5. The number of carbonyl (C=O) groups excluding carboxylic acids is 1. The van der Waals surface area contributed by atoms with Gasteiger partial charge in [-0.25, -0.2) is 4.79 Å². The van der Waals surface area contributed by atoms with Crippen LogP contribution in [0.4, 0.5) is 5.69 Å². The number of aliphatic hydroxyl groups is 1. The highest BCUT2D eigenvalue weighted by molar-refractivity contribution is 6.43. The second kappa shape index (κ2) is 7.14. The summed E-state index contributed by atoms with van der Waals surface area (Å²) in [7, 11) is 0. The quantitative estimate of drug-likeness (QED) is 0.283. The second-order valence-corrected chi connectivity index (χ2v) is 5.57. The number of hydrogen-bond donors (Lipinski definition) is 1. The minimum absolute atomic E-state index is 0.0278.